The maximum atomic E-state index is 10.5. The lowest BCUT2D eigenvalue weighted by molar-refractivity contribution is -0.104. The van der Waals surface area contributed by atoms with Crippen LogP contribution in [0.4, 0.5) is 0 Å². The first-order valence-electron chi connectivity index (χ1n) is 6.03. The summed E-state index contributed by atoms with van der Waals surface area (Å²) >= 11 is 0. The van der Waals surface area contributed by atoms with E-state index in [0.29, 0.717) is 0 Å². The van der Waals surface area contributed by atoms with Gasteiger partial charge in [-0.2, -0.15) is 0 Å². The Kier molecular flexibility index (Phi) is 3.55. The summed E-state index contributed by atoms with van der Waals surface area (Å²) in [6.07, 6.45) is 8.23. The number of aldehydes is 1. The van der Waals surface area contributed by atoms with Gasteiger partial charge in [0.05, 0.1) is 0 Å². The first kappa shape index (κ1) is 11.1. The van der Waals surface area contributed by atoms with E-state index in [-0.39, 0.29) is 0 Å². The van der Waals surface area contributed by atoms with Crippen LogP contribution in [0.2, 0.25) is 0 Å². The maximum absolute atomic E-state index is 10.5. The van der Waals surface area contributed by atoms with E-state index in [9.17, 15) is 4.79 Å². The average Bonchev–Trinajstić information content (AvgIpc) is 2.83. The lowest BCUT2D eigenvalue weighted by atomic mass is 9.96. The third-order valence-electron chi connectivity index (χ3n) is 3.34. The molecular weight excluding hydrogens is 196 g/mol. The summed E-state index contributed by atoms with van der Waals surface area (Å²) < 4.78 is 0. The minimum absolute atomic E-state index is 0.769. The van der Waals surface area contributed by atoms with E-state index < -0.39 is 0 Å². The van der Waals surface area contributed by atoms with E-state index in [1.54, 1.807) is 0 Å². The van der Waals surface area contributed by atoms with Crippen LogP contribution in [0.5, 0.6) is 0 Å². The molecule has 84 valence electrons. The minimum Gasteiger partial charge on any atom is -0.298 e. The SMILES string of the molecule is CC(C=O)=Cc1ccc(C2CCCC2)cc1. The van der Waals surface area contributed by atoms with Gasteiger partial charge in [-0.05, 0) is 48.5 Å². The van der Waals surface area contributed by atoms with Gasteiger partial charge in [-0.3, -0.25) is 4.79 Å². The fraction of sp³-hybridized carbons (Fsp3) is 0.400. The predicted molar refractivity (Wildman–Crippen MR) is 67.4 cm³/mol. The third-order valence-corrected chi connectivity index (χ3v) is 3.34. The fourth-order valence-electron chi connectivity index (χ4n) is 2.42. The van der Waals surface area contributed by atoms with E-state index in [2.05, 4.69) is 24.3 Å². The fourth-order valence-corrected chi connectivity index (χ4v) is 2.42. The number of carbonyl (C=O) groups excluding carboxylic acids is 1. The van der Waals surface area contributed by atoms with Crippen LogP contribution in [0.15, 0.2) is 29.8 Å². The zero-order chi connectivity index (χ0) is 11.4. The zero-order valence-corrected chi connectivity index (χ0v) is 9.78. The van der Waals surface area contributed by atoms with Gasteiger partial charge in [0.2, 0.25) is 0 Å². The molecule has 2 rings (SSSR count). The van der Waals surface area contributed by atoms with E-state index >= 15 is 0 Å². The van der Waals surface area contributed by atoms with Crippen LogP contribution in [0.3, 0.4) is 0 Å². The summed E-state index contributed by atoms with van der Waals surface area (Å²) in [6, 6.07) is 8.64. The molecule has 1 aliphatic rings. The molecule has 0 bridgehead atoms. The summed E-state index contributed by atoms with van der Waals surface area (Å²) in [6.45, 7) is 1.83. The molecule has 0 radical (unpaired) electrons. The molecule has 0 spiro atoms. The van der Waals surface area contributed by atoms with Gasteiger partial charge in [-0.25, -0.2) is 0 Å². The summed E-state index contributed by atoms with van der Waals surface area (Å²) in [5, 5.41) is 0. The van der Waals surface area contributed by atoms with Crippen LogP contribution in [0.25, 0.3) is 6.08 Å². The van der Waals surface area contributed by atoms with Crippen molar-refractivity contribution < 1.29 is 4.79 Å². The van der Waals surface area contributed by atoms with Gasteiger partial charge in [-0.15, -0.1) is 0 Å². The van der Waals surface area contributed by atoms with Crippen molar-refractivity contribution in [2.45, 2.75) is 38.5 Å². The molecule has 0 atom stereocenters. The Morgan fingerprint density at radius 3 is 2.38 bits per heavy atom. The second-order valence-corrected chi connectivity index (χ2v) is 4.65. The average molecular weight is 214 g/mol. The van der Waals surface area contributed by atoms with E-state index in [1.165, 1.54) is 31.2 Å². The van der Waals surface area contributed by atoms with E-state index in [1.807, 2.05) is 13.0 Å². The third kappa shape index (κ3) is 2.60. The van der Waals surface area contributed by atoms with Gasteiger partial charge in [0.15, 0.2) is 0 Å². The number of allylic oxidation sites excluding steroid dienone is 1. The second-order valence-electron chi connectivity index (χ2n) is 4.65. The van der Waals surface area contributed by atoms with Gasteiger partial charge in [0.25, 0.3) is 0 Å². The second kappa shape index (κ2) is 5.11. The molecule has 1 aromatic carbocycles. The molecule has 1 nitrogen and oxygen atoms in total. The lowest BCUT2D eigenvalue weighted by Crippen LogP contribution is -1.91. The molecule has 1 heteroatoms. The summed E-state index contributed by atoms with van der Waals surface area (Å²) in [5.41, 5.74) is 3.35. The van der Waals surface area contributed by atoms with Crippen LogP contribution in [-0.2, 0) is 4.79 Å². The van der Waals surface area contributed by atoms with Crippen molar-refractivity contribution in [2.75, 3.05) is 0 Å². The molecule has 1 aliphatic carbocycles. The van der Waals surface area contributed by atoms with Crippen LogP contribution in [-0.4, -0.2) is 6.29 Å². The Balaban J connectivity index is 2.12. The summed E-state index contributed by atoms with van der Waals surface area (Å²) in [7, 11) is 0. The Labute approximate surface area is 97.2 Å². The Bertz CT molecular complexity index is 380. The van der Waals surface area contributed by atoms with Crippen LogP contribution in [0, 0.1) is 0 Å². The minimum atomic E-state index is 0.769. The zero-order valence-electron chi connectivity index (χ0n) is 9.78. The standard InChI is InChI=1S/C15H18O/c1-12(11-16)10-13-6-8-15(9-7-13)14-4-2-3-5-14/h6-11,14H,2-5H2,1H3. The molecular formula is C15H18O. The Morgan fingerprint density at radius 1 is 1.19 bits per heavy atom. The topological polar surface area (TPSA) is 17.1 Å². The molecule has 0 amide bonds. The van der Waals surface area contributed by atoms with Crippen molar-refractivity contribution in [2.24, 2.45) is 0 Å². The van der Waals surface area contributed by atoms with Crippen molar-refractivity contribution in [1.82, 2.24) is 0 Å². The molecule has 0 aromatic heterocycles. The smallest absolute Gasteiger partial charge is 0.145 e. The number of rotatable bonds is 3. The van der Waals surface area contributed by atoms with Crippen molar-refractivity contribution in [3.05, 3.63) is 41.0 Å². The van der Waals surface area contributed by atoms with E-state index in [4.69, 9.17) is 0 Å². The highest BCUT2D eigenvalue weighted by Gasteiger charge is 2.16. The highest BCUT2D eigenvalue weighted by atomic mass is 16.1. The molecule has 0 unspecified atom stereocenters. The Hall–Kier alpha value is -1.37. The van der Waals surface area contributed by atoms with Crippen LogP contribution >= 0.6 is 0 Å². The lowest BCUT2D eigenvalue weighted by Gasteiger charge is -2.09. The summed E-state index contributed by atoms with van der Waals surface area (Å²) in [4.78, 5) is 10.5. The number of hydrogen-bond donors (Lipinski definition) is 0. The molecule has 0 heterocycles. The Morgan fingerprint density at radius 2 is 1.81 bits per heavy atom. The van der Waals surface area contributed by atoms with Crippen molar-refractivity contribution >= 4 is 12.4 Å². The van der Waals surface area contributed by atoms with Crippen molar-refractivity contribution in [1.29, 1.82) is 0 Å². The van der Waals surface area contributed by atoms with Gasteiger partial charge in [0, 0.05) is 0 Å². The quantitative estimate of drug-likeness (QED) is 0.550. The number of benzene rings is 1. The number of hydrogen-bond acceptors (Lipinski definition) is 1. The first-order valence-corrected chi connectivity index (χ1v) is 6.03. The molecule has 0 saturated heterocycles. The van der Waals surface area contributed by atoms with E-state index in [0.717, 1.165) is 23.3 Å². The highest BCUT2D eigenvalue weighted by molar-refractivity contribution is 5.80. The highest BCUT2D eigenvalue weighted by Crippen LogP contribution is 2.34. The van der Waals surface area contributed by atoms with Crippen LogP contribution < -0.4 is 0 Å². The predicted octanol–water partition coefficient (Wildman–Crippen LogP) is 3.95. The molecule has 1 aromatic rings. The number of carbonyl (C=O) groups is 1. The van der Waals surface area contributed by atoms with Crippen molar-refractivity contribution in [3.8, 4) is 0 Å². The molecule has 16 heavy (non-hydrogen) atoms. The molecule has 0 N–H and O–H groups in total. The van der Waals surface area contributed by atoms with Gasteiger partial charge < -0.3 is 0 Å². The van der Waals surface area contributed by atoms with Gasteiger partial charge >= 0.3 is 0 Å². The summed E-state index contributed by atoms with van der Waals surface area (Å²) in [5.74, 6) is 0.769. The van der Waals surface area contributed by atoms with Gasteiger partial charge in [-0.1, -0.05) is 37.1 Å². The normalized spacial score (nSPS) is 17.7. The van der Waals surface area contributed by atoms with Crippen molar-refractivity contribution in [3.63, 3.8) is 0 Å². The molecule has 0 aliphatic heterocycles. The largest absolute Gasteiger partial charge is 0.298 e. The first-order chi connectivity index (χ1) is 7.79. The molecule has 1 fully saturated rings. The monoisotopic (exact) mass is 214 g/mol. The molecule has 1 saturated carbocycles. The van der Waals surface area contributed by atoms with Crippen LogP contribution in [0.1, 0.15) is 49.7 Å². The van der Waals surface area contributed by atoms with Gasteiger partial charge in [0.1, 0.15) is 6.29 Å². The maximum Gasteiger partial charge on any atom is 0.145 e.